The number of amides is 2. The Hall–Kier alpha value is -1.36. The zero-order valence-corrected chi connectivity index (χ0v) is 11.3. The highest BCUT2D eigenvalue weighted by molar-refractivity contribution is 7.07. The van der Waals surface area contributed by atoms with Crippen LogP contribution >= 0.6 is 11.3 Å². The number of piperidine rings is 1. The second-order valence-corrected chi connectivity index (χ2v) is 5.66. The number of primary amides is 1. The van der Waals surface area contributed by atoms with Gasteiger partial charge in [0.2, 0.25) is 11.8 Å². The van der Waals surface area contributed by atoms with E-state index in [9.17, 15) is 9.59 Å². The van der Waals surface area contributed by atoms with E-state index in [0.717, 1.165) is 18.4 Å². The highest BCUT2D eigenvalue weighted by Crippen LogP contribution is 2.22. The molecule has 18 heavy (non-hydrogen) atoms. The van der Waals surface area contributed by atoms with Gasteiger partial charge in [0, 0.05) is 12.6 Å². The lowest BCUT2D eigenvalue weighted by Gasteiger charge is -2.37. The molecule has 2 heterocycles. The smallest absolute Gasteiger partial charge is 0.227 e. The Kier molecular flexibility index (Phi) is 4.01. The van der Waals surface area contributed by atoms with Gasteiger partial charge in [-0.25, -0.2) is 0 Å². The summed E-state index contributed by atoms with van der Waals surface area (Å²) in [5.41, 5.74) is 6.38. The third-order valence-electron chi connectivity index (χ3n) is 3.54. The Morgan fingerprint density at radius 1 is 1.50 bits per heavy atom. The van der Waals surface area contributed by atoms with Crippen molar-refractivity contribution in [1.82, 2.24) is 4.90 Å². The molecule has 1 saturated heterocycles. The Labute approximate surface area is 111 Å². The number of hydrogen-bond acceptors (Lipinski definition) is 3. The summed E-state index contributed by atoms with van der Waals surface area (Å²) in [5.74, 6) is -0.394. The quantitative estimate of drug-likeness (QED) is 0.899. The Morgan fingerprint density at radius 3 is 2.89 bits per heavy atom. The van der Waals surface area contributed by atoms with Crippen LogP contribution < -0.4 is 5.73 Å². The minimum Gasteiger partial charge on any atom is -0.369 e. The molecule has 1 fully saturated rings. The van der Waals surface area contributed by atoms with Gasteiger partial charge in [0.15, 0.2) is 0 Å². The molecule has 1 aromatic heterocycles. The van der Waals surface area contributed by atoms with Crippen LogP contribution in [0.2, 0.25) is 0 Å². The maximum absolute atomic E-state index is 12.2. The number of rotatable bonds is 3. The van der Waals surface area contributed by atoms with Crippen LogP contribution in [-0.2, 0) is 16.0 Å². The van der Waals surface area contributed by atoms with Gasteiger partial charge in [0.1, 0.15) is 0 Å². The van der Waals surface area contributed by atoms with Crippen LogP contribution in [-0.4, -0.2) is 29.3 Å². The minimum atomic E-state index is -0.296. The summed E-state index contributed by atoms with van der Waals surface area (Å²) in [7, 11) is 0. The first-order chi connectivity index (χ1) is 8.58. The monoisotopic (exact) mass is 266 g/mol. The van der Waals surface area contributed by atoms with Crippen molar-refractivity contribution in [2.75, 3.05) is 6.54 Å². The first kappa shape index (κ1) is 13.1. The van der Waals surface area contributed by atoms with Gasteiger partial charge in [-0.05, 0) is 42.2 Å². The molecule has 0 aliphatic carbocycles. The van der Waals surface area contributed by atoms with Crippen molar-refractivity contribution in [2.24, 2.45) is 11.7 Å². The molecule has 0 saturated carbocycles. The molecular weight excluding hydrogens is 248 g/mol. The summed E-state index contributed by atoms with van der Waals surface area (Å²) in [6.07, 6.45) is 2.06. The van der Waals surface area contributed by atoms with Gasteiger partial charge in [-0.1, -0.05) is 0 Å². The lowest BCUT2D eigenvalue weighted by molar-refractivity contribution is -0.136. The van der Waals surface area contributed by atoms with E-state index in [1.807, 2.05) is 23.8 Å². The molecule has 1 aliphatic rings. The Bertz CT molecular complexity index is 430. The van der Waals surface area contributed by atoms with E-state index in [0.29, 0.717) is 13.0 Å². The van der Waals surface area contributed by atoms with Gasteiger partial charge >= 0.3 is 0 Å². The average Bonchev–Trinajstić information content (AvgIpc) is 2.81. The second-order valence-electron chi connectivity index (χ2n) is 4.88. The van der Waals surface area contributed by atoms with Crippen LogP contribution in [0.3, 0.4) is 0 Å². The van der Waals surface area contributed by atoms with Crippen molar-refractivity contribution in [3.63, 3.8) is 0 Å². The van der Waals surface area contributed by atoms with E-state index in [2.05, 4.69) is 0 Å². The molecule has 2 rings (SSSR count). The average molecular weight is 266 g/mol. The zero-order valence-electron chi connectivity index (χ0n) is 10.5. The lowest BCUT2D eigenvalue weighted by Crippen LogP contribution is -2.49. The number of hydrogen-bond donors (Lipinski definition) is 1. The molecule has 5 heteroatoms. The van der Waals surface area contributed by atoms with Crippen LogP contribution in [0.15, 0.2) is 16.8 Å². The normalized spacial score (nSPS) is 23.9. The molecule has 0 spiro atoms. The van der Waals surface area contributed by atoms with Crippen LogP contribution in [0.5, 0.6) is 0 Å². The van der Waals surface area contributed by atoms with E-state index < -0.39 is 0 Å². The standard InChI is InChI=1S/C13H18N2O2S/c1-9-2-3-11(13(14)17)7-15(9)12(16)6-10-4-5-18-8-10/h4-5,8-9,11H,2-3,6-7H2,1H3,(H2,14,17)/t9-,11-/m1/s1. The fourth-order valence-corrected chi connectivity index (χ4v) is 3.02. The molecule has 4 nitrogen and oxygen atoms in total. The second kappa shape index (κ2) is 5.52. The summed E-state index contributed by atoms with van der Waals surface area (Å²) in [5, 5.41) is 3.95. The number of carbonyl (C=O) groups is 2. The molecule has 2 N–H and O–H groups in total. The predicted molar refractivity (Wildman–Crippen MR) is 71.1 cm³/mol. The third kappa shape index (κ3) is 2.90. The number of nitrogens with two attached hydrogens (primary N) is 1. The van der Waals surface area contributed by atoms with Gasteiger partial charge in [-0.3, -0.25) is 9.59 Å². The summed E-state index contributed by atoms with van der Waals surface area (Å²) >= 11 is 1.59. The summed E-state index contributed by atoms with van der Waals surface area (Å²) in [6, 6.07) is 2.16. The van der Waals surface area contributed by atoms with E-state index in [1.165, 1.54) is 0 Å². The van der Waals surface area contributed by atoms with Crippen molar-refractivity contribution in [2.45, 2.75) is 32.2 Å². The molecule has 0 bridgehead atoms. The minimum absolute atomic E-state index is 0.0897. The Morgan fingerprint density at radius 2 is 2.28 bits per heavy atom. The number of thiophene rings is 1. The molecule has 0 unspecified atom stereocenters. The molecule has 2 atom stereocenters. The summed E-state index contributed by atoms with van der Waals surface area (Å²) in [4.78, 5) is 25.3. The first-order valence-corrected chi connectivity index (χ1v) is 7.12. The SMILES string of the molecule is C[C@@H]1CC[C@@H](C(N)=O)CN1C(=O)Cc1ccsc1. The third-order valence-corrected chi connectivity index (χ3v) is 4.27. The molecule has 0 radical (unpaired) electrons. The van der Waals surface area contributed by atoms with E-state index in [-0.39, 0.29) is 23.8 Å². The van der Waals surface area contributed by atoms with Crippen molar-refractivity contribution in [1.29, 1.82) is 0 Å². The van der Waals surface area contributed by atoms with Crippen LogP contribution in [0.25, 0.3) is 0 Å². The number of carbonyl (C=O) groups excluding carboxylic acids is 2. The number of likely N-dealkylation sites (tertiary alicyclic amines) is 1. The lowest BCUT2D eigenvalue weighted by atomic mass is 9.92. The zero-order chi connectivity index (χ0) is 13.1. The maximum atomic E-state index is 12.2. The maximum Gasteiger partial charge on any atom is 0.227 e. The van der Waals surface area contributed by atoms with Crippen molar-refractivity contribution in [3.8, 4) is 0 Å². The molecular formula is C13H18N2O2S. The highest BCUT2D eigenvalue weighted by atomic mass is 32.1. The van der Waals surface area contributed by atoms with Crippen LogP contribution in [0.1, 0.15) is 25.3 Å². The van der Waals surface area contributed by atoms with Gasteiger partial charge in [-0.2, -0.15) is 11.3 Å². The van der Waals surface area contributed by atoms with Crippen LogP contribution in [0.4, 0.5) is 0 Å². The fourth-order valence-electron chi connectivity index (χ4n) is 2.36. The van der Waals surface area contributed by atoms with Gasteiger partial charge in [0.25, 0.3) is 0 Å². The van der Waals surface area contributed by atoms with Crippen LogP contribution in [0, 0.1) is 5.92 Å². The first-order valence-electron chi connectivity index (χ1n) is 6.17. The van der Waals surface area contributed by atoms with Crippen molar-refractivity contribution < 1.29 is 9.59 Å². The molecule has 1 aromatic rings. The summed E-state index contributed by atoms with van der Waals surface area (Å²) < 4.78 is 0. The summed E-state index contributed by atoms with van der Waals surface area (Å²) in [6.45, 7) is 2.50. The van der Waals surface area contributed by atoms with E-state index >= 15 is 0 Å². The largest absolute Gasteiger partial charge is 0.369 e. The molecule has 1 aliphatic heterocycles. The number of nitrogens with zero attached hydrogens (tertiary/aromatic N) is 1. The molecule has 0 aromatic carbocycles. The van der Waals surface area contributed by atoms with Gasteiger partial charge in [0.05, 0.1) is 12.3 Å². The molecule has 98 valence electrons. The highest BCUT2D eigenvalue weighted by Gasteiger charge is 2.31. The van der Waals surface area contributed by atoms with Gasteiger partial charge < -0.3 is 10.6 Å². The van der Waals surface area contributed by atoms with Crippen molar-refractivity contribution >= 4 is 23.2 Å². The van der Waals surface area contributed by atoms with Crippen molar-refractivity contribution in [3.05, 3.63) is 22.4 Å². The topological polar surface area (TPSA) is 63.4 Å². The van der Waals surface area contributed by atoms with Gasteiger partial charge in [-0.15, -0.1) is 0 Å². The fraction of sp³-hybridized carbons (Fsp3) is 0.538. The molecule has 2 amide bonds. The van der Waals surface area contributed by atoms with E-state index in [4.69, 9.17) is 5.73 Å². The Balaban J connectivity index is 2.01. The predicted octanol–water partition coefficient (Wildman–Crippen LogP) is 1.40. The van der Waals surface area contributed by atoms with E-state index in [1.54, 1.807) is 16.2 Å².